The van der Waals surface area contributed by atoms with Crippen molar-refractivity contribution in [2.24, 2.45) is 0 Å². The number of H-pyrrole nitrogens is 1. The molecule has 0 saturated carbocycles. The molecule has 1 aliphatic rings. The molecule has 1 aromatic heterocycles. The van der Waals surface area contributed by atoms with E-state index in [9.17, 15) is 4.79 Å². The van der Waals surface area contributed by atoms with E-state index in [1.165, 1.54) is 0 Å². The molecule has 22 heavy (non-hydrogen) atoms. The summed E-state index contributed by atoms with van der Waals surface area (Å²) in [5, 5.41) is 12.9. The van der Waals surface area contributed by atoms with Gasteiger partial charge in [0.1, 0.15) is 6.04 Å². The lowest BCUT2D eigenvalue weighted by Gasteiger charge is -2.29. The van der Waals surface area contributed by atoms with Crippen LogP contribution in [0.5, 0.6) is 0 Å². The molecule has 0 unspecified atom stereocenters. The average molecular weight is 323 g/mol. The Kier molecular flexibility index (Phi) is 5.54. The van der Waals surface area contributed by atoms with Crippen molar-refractivity contribution in [3.8, 4) is 11.3 Å². The standard InChI is InChI=1S/C15H18N4O2.ClH/c1-10-14(16-7-8-21-10)15(20)18-12-4-2-3-11(9-12)13-5-6-17-19-13;/h2-6,9-10,14,16H,7-8H2,1H3,(H,17,19)(H,18,20);1H/t10-,14+;/m1./s1. The smallest absolute Gasteiger partial charge is 0.244 e. The molecular weight excluding hydrogens is 304 g/mol. The van der Waals surface area contributed by atoms with Crippen molar-refractivity contribution in [1.29, 1.82) is 0 Å². The Morgan fingerprint density at radius 1 is 1.41 bits per heavy atom. The number of hydrogen-bond donors (Lipinski definition) is 3. The second-order valence-corrected chi connectivity index (χ2v) is 5.05. The van der Waals surface area contributed by atoms with Crippen LogP contribution in [0.2, 0.25) is 0 Å². The number of ether oxygens (including phenoxy) is 1. The van der Waals surface area contributed by atoms with Gasteiger partial charge in [0, 0.05) is 24.0 Å². The Hall–Kier alpha value is -1.89. The number of amides is 1. The molecular formula is C15H19ClN4O2. The highest BCUT2D eigenvalue weighted by molar-refractivity contribution is 5.95. The first-order valence-corrected chi connectivity index (χ1v) is 7.00. The maximum absolute atomic E-state index is 12.3. The summed E-state index contributed by atoms with van der Waals surface area (Å²) in [6.45, 7) is 3.23. The lowest BCUT2D eigenvalue weighted by Crippen LogP contribution is -2.53. The molecule has 2 aromatic rings. The quantitative estimate of drug-likeness (QED) is 0.805. The van der Waals surface area contributed by atoms with E-state index in [0.717, 1.165) is 16.9 Å². The van der Waals surface area contributed by atoms with Crippen LogP contribution in [0.4, 0.5) is 5.69 Å². The van der Waals surface area contributed by atoms with E-state index in [1.807, 2.05) is 37.3 Å². The monoisotopic (exact) mass is 322 g/mol. The van der Waals surface area contributed by atoms with Gasteiger partial charge in [-0.2, -0.15) is 5.10 Å². The van der Waals surface area contributed by atoms with Crippen LogP contribution in [0.25, 0.3) is 11.3 Å². The number of nitrogens with zero attached hydrogens (tertiary/aromatic N) is 1. The van der Waals surface area contributed by atoms with Gasteiger partial charge in [-0.15, -0.1) is 12.4 Å². The fourth-order valence-corrected chi connectivity index (χ4v) is 2.43. The fourth-order valence-electron chi connectivity index (χ4n) is 2.43. The zero-order valence-electron chi connectivity index (χ0n) is 12.2. The topological polar surface area (TPSA) is 79.0 Å². The summed E-state index contributed by atoms with van der Waals surface area (Å²) >= 11 is 0. The molecule has 0 bridgehead atoms. The van der Waals surface area contributed by atoms with Gasteiger partial charge >= 0.3 is 0 Å². The van der Waals surface area contributed by atoms with Crippen LogP contribution in [-0.2, 0) is 9.53 Å². The van der Waals surface area contributed by atoms with Crippen LogP contribution in [0.15, 0.2) is 36.5 Å². The Morgan fingerprint density at radius 3 is 3.00 bits per heavy atom. The third-order valence-corrected chi connectivity index (χ3v) is 3.54. The zero-order valence-corrected chi connectivity index (χ0v) is 13.0. The van der Waals surface area contributed by atoms with Crippen molar-refractivity contribution in [2.75, 3.05) is 18.5 Å². The van der Waals surface area contributed by atoms with E-state index < -0.39 is 0 Å². The van der Waals surface area contributed by atoms with Crippen LogP contribution in [0.3, 0.4) is 0 Å². The minimum absolute atomic E-state index is 0. The molecule has 1 aromatic carbocycles. The minimum atomic E-state index is -0.324. The number of aromatic nitrogens is 2. The number of morpholine rings is 1. The van der Waals surface area contributed by atoms with E-state index in [0.29, 0.717) is 13.2 Å². The number of halogens is 1. The number of carbonyl (C=O) groups excluding carboxylic acids is 1. The van der Waals surface area contributed by atoms with Crippen molar-refractivity contribution in [3.63, 3.8) is 0 Å². The molecule has 2 heterocycles. The van der Waals surface area contributed by atoms with Gasteiger partial charge in [-0.3, -0.25) is 9.89 Å². The molecule has 1 saturated heterocycles. The number of hydrogen-bond acceptors (Lipinski definition) is 4. The van der Waals surface area contributed by atoms with Crippen LogP contribution in [0, 0.1) is 0 Å². The first-order chi connectivity index (χ1) is 10.2. The van der Waals surface area contributed by atoms with E-state index in [-0.39, 0.29) is 30.5 Å². The van der Waals surface area contributed by atoms with Crippen LogP contribution in [0.1, 0.15) is 6.92 Å². The van der Waals surface area contributed by atoms with Crippen molar-refractivity contribution in [3.05, 3.63) is 36.5 Å². The maximum Gasteiger partial charge on any atom is 0.244 e. The molecule has 0 aliphatic carbocycles. The molecule has 1 fully saturated rings. The highest BCUT2D eigenvalue weighted by Crippen LogP contribution is 2.20. The first-order valence-electron chi connectivity index (χ1n) is 7.00. The van der Waals surface area contributed by atoms with Crippen LogP contribution < -0.4 is 10.6 Å². The third-order valence-electron chi connectivity index (χ3n) is 3.54. The number of benzene rings is 1. The zero-order chi connectivity index (χ0) is 14.7. The van der Waals surface area contributed by atoms with Crippen molar-refractivity contribution >= 4 is 24.0 Å². The van der Waals surface area contributed by atoms with Gasteiger partial charge in [-0.05, 0) is 25.1 Å². The number of anilines is 1. The van der Waals surface area contributed by atoms with Gasteiger partial charge in [0.25, 0.3) is 0 Å². The molecule has 3 rings (SSSR count). The van der Waals surface area contributed by atoms with Crippen molar-refractivity contribution in [2.45, 2.75) is 19.1 Å². The van der Waals surface area contributed by atoms with Gasteiger partial charge < -0.3 is 15.4 Å². The summed E-state index contributed by atoms with van der Waals surface area (Å²) in [5.41, 5.74) is 2.65. The number of rotatable bonds is 3. The van der Waals surface area contributed by atoms with E-state index in [2.05, 4.69) is 20.8 Å². The predicted octanol–water partition coefficient (Wildman–Crippen LogP) is 1.81. The number of carbonyl (C=O) groups is 1. The van der Waals surface area contributed by atoms with Crippen LogP contribution >= 0.6 is 12.4 Å². The van der Waals surface area contributed by atoms with Gasteiger partial charge in [0.15, 0.2) is 0 Å². The molecule has 0 radical (unpaired) electrons. The van der Waals surface area contributed by atoms with Gasteiger partial charge in [-0.1, -0.05) is 12.1 Å². The highest BCUT2D eigenvalue weighted by Gasteiger charge is 2.28. The fraction of sp³-hybridized carbons (Fsp3) is 0.333. The summed E-state index contributed by atoms with van der Waals surface area (Å²) in [6.07, 6.45) is 1.57. The van der Waals surface area contributed by atoms with Crippen LogP contribution in [-0.4, -0.2) is 41.4 Å². The molecule has 1 amide bonds. The van der Waals surface area contributed by atoms with E-state index in [1.54, 1.807) is 6.20 Å². The second-order valence-electron chi connectivity index (χ2n) is 5.05. The van der Waals surface area contributed by atoms with Crippen molar-refractivity contribution < 1.29 is 9.53 Å². The first kappa shape index (κ1) is 16.5. The average Bonchev–Trinajstić information content (AvgIpc) is 3.02. The SMILES string of the molecule is C[C@H]1OCCN[C@@H]1C(=O)Nc1cccc(-c2ccn[nH]2)c1.Cl. The molecule has 0 spiro atoms. The second kappa shape index (κ2) is 7.40. The van der Waals surface area contributed by atoms with E-state index >= 15 is 0 Å². The van der Waals surface area contributed by atoms with Crippen molar-refractivity contribution in [1.82, 2.24) is 15.5 Å². The highest BCUT2D eigenvalue weighted by atomic mass is 35.5. The Bertz CT molecular complexity index is 618. The number of nitrogens with one attached hydrogen (secondary N) is 3. The summed E-state index contributed by atoms with van der Waals surface area (Å²) in [6, 6.07) is 9.22. The van der Waals surface area contributed by atoms with E-state index in [4.69, 9.17) is 4.74 Å². The summed E-state index contributed by atoms with van der Waals surface area (Å²) in [4.78, 5) is 12.3. The van der Waals surface area contributed by atoms with Gasteiger partial charge in [0.2, 0.25) is 5.91 Å². The van der Waals surface area contributed by atoms with Gasteiger partial charge in [0.05, 0.1) is 18.4 Å². The summed E-state index contributed by atoms with van der Waals surface area (Å²) < 4.78 is 5.50. The summed E-state index contributed by atoms with van der Waals surface area (Å²) in [7, 11) is 0. The number of aromatic amines is 1. The Morgan fingerprint density at radius 2 is 2.27 bits per heavy atom. The normalized spacial score (nSPS) is 21.0. The van der Waals surface area contributed by atoms with Gasteiger partial charge in [-0.25, -0.2) is 0 Å². The summed E-state index contributed by atoms with van der Waals surface area (Å²) in [5.74, 6) is -0.0797. The lowest BCUT2D eigenvalue weighted by molar-refractivity contribution is -0.123. The minimum Gasteiger partial charge on any atom is -0.375 e. The largest absolute Gasteiger partial charge is 0.375 e. The molecule has 1 aliphatic heterocycles. The Balaban J connectivity index is 0.00000176. The lowest BCUT2D eigenvalue weighted by atomic mass is 10.1. The predicted molar refractivity (Wildman–Crippen MR) is 87.1 cm³/mol. The Labute approximate surface area is 135 Å². The maximum atomic E-state index is 12.3. The molecule has 3 N–H and O–H groups in total. The molecule has 6 nitrogen and oxygen atoms in total. The third kappa shape index (κ3) is 3.65. The molecule has 118 valence electrons. The molecule has 2 atom stereocenters. The molecule has 7 heteroatoms.